The van der Waals surface area contributed by atoms with Crippen molar-refractivity contribution in [2.75, 3.05) is 24.5 Å². The molecule has 0 aliphatic carbocycles. The molecule has 0 bridgehead atoms. The molecule has 176 valence electrons. The number of esters is 2. The van der Waals surface area contributed by atoms with Crippen molar-refractivity contribution in [1.29, 1.82) is 0 Å². The van der Waals surface area contributed by atoms with Crippen LogP contribution in [0.25, 0.3) is 22.3 Å². The predicted molar refractivity (Wildman–Crippen MR) is 123 cm³/mol. The van der Waals surface area contributed by atoms with E-state index < -0.39 is 17.8 Å². The molecule has 4 heterocycles. The minimum Gasteiger partial charge on any atom is -0.398 e. The number of H-pyrrole nitrogens is 1. The highest BCUT2D eigenvalue weighted by molar-refractivity contribution is 6.31. The third-order valence-electron chi connectivity index (χ3n) is 6.21. The molecular weight excluding hydrogens is 453 g/mol. The van der Waals surface area contributed by atoms with E-state index in [1.807, 2.05) is 41.3 Å². The zero-order chi connectivity index (χ0) is 24.0. The number of ether oxygens (including phenoxy) is 2. The van der Waals surface area contributed by atoms with Crippen molar-refractivity contribution in [3.63, 3.8) is 0 Å². The number of nitrogens with zero attached hydrogens (tertiary/aromatic N) is 4. The van der Waals surface area contributed by atoms with Crippen LogP contribution in [0.5, 0.6) is 0 Å². The zero-order valence-electron chi connectivity index (χ0n) is 18.5. The summed E-state index contributed by atoms with van der Waals surface area (Å²) in [6.45, 7) is 1.28. The van der Waals surface area contributed by atoms with E-state index in [9.17, 15) is 14.0 Å². The minimum absolute atomic E-state index is 0.0874. The lowest BCUT2D eigenvalue weighted by molar-refractivity contribution is -0.254. The molecule has 35 heavy (non-hydrogen) atoms. The van der Waals surface area contributed by atoms with Crippen LogP contribution in [0.4, 0.5) is 10.2 Å². The molecule has 2 aliphatic heterocycles. The van der Waals surface area contributed by atoms with Crippen molar-refractivity contribution in [1.82, 2.24) is 19.9 Å². The summed E-state index contributed by atoms with van der Waals surface area (Å²) < 4.78 is 25.2. The SMILES string of the molecule is O=C1OC2(CN(c3ccc4ccccc4n3)CCN2Cc2cnc(-c3ccccc3F)[nH]2)OC1=O. The highest BCUT2D eigenvalue weighted by Crippen LogP contribution is 2.33. The highest BCUT2D eigenvalue weighted by Gasteiger charge is 2.56. The third-order valence-corrected chi connectivity index (χ3v) is 6.21. The number of carbonyl (C=O) groups excluding carboxylic acids is 2. The van der Waals surface area contributed by atoms with Gasteiger partial charge in [-0.3, -0.25) is 0 Å². The summed E-state index contributed by atoms with van der Waals surface area (Å²) in [4.78, 5) is 39.9. The lowest BCUT2D eigenvalue weighted by atomic mass is 10.2. The Kier molecular flexibility index (Phi) is 4.96. The first-order valence-corrected chi connectivity index (χ1v) is 11.1. The smallest absolute Gasteiger partial charge is 0.398 e. The van der Waals surface area contributed by atoms with E-state index in [1.165, 1.54) is 6.07 Å². The topological polar surface area (TPSA) is 101 Å². The van der Waals surface area contributed by atoms with Crippen molar-refractivity contribution < 1.29 is 23.5 Å². The number of aromatic nitrogens is 3. The standard InChI is InChI=1S/C25H20FN5O4/c26-19-7-3-2-6-18(19)22-27-13-17(28-22)14-31-12-11-30(15-25(31)34-23(32)24(33)35-25)21-10-9-16-5-1-4-8-20(16)29-21/h1-10,13H,11-12,14-15H2,(H,27,28). The molecule has 1 spiro atoms. The maximum Gasteiger partial charge on any atom is 0.421 e. The van der Waals surface area contributed by atoms with Gasteiger partial charge in [0, 0.05) is 36.9 Å². The fourth-order valence-electron chi connectivity index (χ4n) is 4.48. The average Bonchev–Trinajstić information content (AvgIpc) is 3.44. The van der Waals surface area contributed by atoms with Gasteiger partial charge in [0.15, 0.2) is 0 Å². The lowest BCUT2D eigenvalue weighted by Gasteiger charge is -2.45. The zero-order valence-corrected chi connectivity index (χ0v) is 18.5. The van der Waals surface area contributed by atoms with Crippen molar-refractivity contribution in [2.24, 2.45) is 0 Å². The Morgan fingerprint density at radius 1 is 0.971 bits per heavy atom. The number of para-hydroxylation sites is 1. The Labute approximate surface area is 199 Å². The second-order valence-electron chi connectivity index (χ2n) is 8.43. The van der Waals surface area contributed by atoms with Gasteiger partial charge in [0.05, 0.1) is 11.1 Å². The van der Waals surface area contributed by atoms with Gasteiger partial charge in [-0.25, -0.2) is 28.8 Å². The Hall–Kier alpha value is -4.31. The fourth-order valence-corrected chi connectivity index (χ4v) is 4.48. The maximum absolute atomic E-state index is 14.2. The lowest BCUT2D eigenvalue weighted by Crippen LogP contribution is -2.63. The van der Waals surface area contributed by atoms with Gasteiger partial charge in [0.25, 0.3) is 0 Å². The molecule has 0 amide bonds. The number of nitrogens with one attached hydrogen (secondary N) is 1. The molecule has 0 saturated carbocycles. The number of anilines is 1. The maximum atomic E-state index is 14.2. The molecule has 2 aliphatic rings. The van der Waals surface area contributed by atoms with E-state index in [2.05, 4.69) is 9.97 Å². The van der Waals surface area contributed by atoms with E-state index in [1.54, 1.807) is 29.3 Å². The van der Waals surface area contributed by atoms with Gasteiger partial charge in [0.1, 0.15) is 24.0 Å². The first-order chi connectivity index (χ1) is 17.0. The summed E-state index contributed by atoms with van der Waals surface area (Å²) >= 11 is 0. The monoisotopic (exact) mass is 473 g/mol. The van der Waals surface area contributed by atoms with Gasteiger partial charge in [-0.1, -0.05) is 30.3 Å². The van der Waals surface area contributed by atoms with Crippen LogP contribution in [0.1, 0.15) is 5.69 Å². The highest BCUT2D eigenvalue weighted by atomic mass is 19.1. The molecule has 4 aromatic rings. The number of carbonyl (C=O) groups is 2. The summed E-state index contributed by atoms with van der Waals surface area (Å²) in [7, 11) is 0. The molecule has 6 rings (SSSR count). The normalized spacial score (nSPS) is 17.7. The van der Waals surface area contributed by atoms with Crippen LogP contribution in [0.15, 0.2) is 66.9 Å². The fraction of sp³-hybridized carbons (Fsp3) is 0.200. The number of imidazole rings is 1. The van der Waals surface area contributed by atoms with Crippen LogP contribution >= 0.6 is 0 Å². The summed E-state index contributed by atoms with van der Waals surface area (Å²) in [5.74, 6) is -3.01. The molecule has 2 aromatic heterocycles. The molecule has 2 fully saturated rings. The number of aromatic amines is 1. The summed E-state index contributed by atoms with van der Waals surface area (Å²) in [6, 6.07) is 18.0. The predicted octanol–water partition coefficient (Wildman–Crippen LogP) is 2.84. The van der Waals surface area contributed by atoms with E-state index in [-0.39, 0.29) is 18.9 Å². The van der Waals surface area contributed by atoms with E-state index in [0.717, 1.165) is 10.9 Å². The first-order valence-electron chi connectivity index (χ1n) is 11.1. The Morgan fingerprint density at radius 2 is 1.74 bits per heavy atom. The van der Waals surface area contributed by atoms with Crippen molar-refractivity contribution in [3.05, 3.63) is 78.4 Å². The number of fused-ring (bicyclic) bond motifs is 1. The Morgan fingerprint density at radius 3 is 2.57 bits per heavy atom. The van der Waals surface area contributed by atoms with Gasteiger partial charge in [-0.15, -0.1) is 0 Å². The molecule has 2 saturated heterocycles. The quantitative estimate of drug-likeness (QED) is 0.357. The van der Waals surface area contributed by atoms with E-state index >= 15 is 0 Å². The Balaban J connectivity index is 1.28. The van der Waals surface area contributed by atoms with Crippen molar-refractivity contribution in [3.8, 4) is 11.4 Å². The van der Waals surface area contributed by atoms with Crippen LogP contribution in [-0.4, -0.2) is 57.3 Å². The average molecular weight is 473 g/mol. The number of piperazine rings is 1. The minimum atomic E-state index is -1.61. The number of halogens is 1. The summed E-state index contributed by atoms with van der Waals surface area (Å²) in [6.07, 6.45) is 1.59. The van der Waals surface area contributed by atoms with Crippen LogP contribution in [0.3, 0.4) is 0 Å². The third kappa shape index (κ3) is 3.77. The summed E-state index contributed by atoms with van der Waals surface area (Å²) in [5.41, 5.74) is 1.83. The second kappa shape index (κ2) is 8.17. The molecule has 9 nitrogen and oxygen atoms in total. The number of hydrogen-bond acceptors (Lipinski definition) is 8. The molecular formula is C25H20FN5O4. The van der Waals surface area contributed by atoms with Crippen LogP contribution < -0.4 is 4.90 Å². The van der Waals surface area contributed by atoms with Crippen molar-refractivity contribution >= 4 is 28.7 Å². The molecule has 2 aromatic carbocycles. The Bertz CT molecular complexity index is 1440. The van der Waals surface area contributed by atoms with Gasteiger partial charge >= 0.3 is 17.8 Å². The van der Waals surface area contributed by atoms with E-state index in [0.29, 0.717) is 36.0 Å². The second-order valence-corrected chi connectivity index (χ2v) is 8.43. The van der Waals surface area contributed by atoms with E-state index in [4.69, 9.17) is 14.5 Å². The molecule has 1 N–H and O–H groups in total. The van der Waals surface area contributed by atoms with Crippen molar-refractivity contribution in [2.45, 2.75) is 12.5 Å². The molecule has 10 heteroatoms. The van der Waals surface area contributed by atoms with Gasteiger partial charge in [-0.05, 0) is 30.3 Å². The van der Waals surface area contributed by atoms with Crippen LogP contribution in [-0.2, 0) is 25.6 Å². The number of pyridine rings is 1. The molecule has 0 unspecified atom stereocenters. The summed E-state index contributed by atoms with van der Waals surface area (Å²) in [5, 5.41) is 1.01. The van der Waals surface area contributed by atoms with Gasteiger partial charge in [0.2, 0.25) is 0 Å². The van der Waals surface area contributed by atoms with Crippen LogP contribution in [0, 0.1) is 5.82 Å². The molecule has 0 radical (unpaired) electrons. The molecule has 0 atom stereocenters. The largest absolute Gasteiger partial charge is 0.421 e. The van der Waals surface area contributed by atoms with Gasteiger partial charge < -0.3 is 19.4 Å². The van der Waals surface area contributed by atoms with Gasteiger partial charge in [-0.2, -0.15) is 0 Å². The number of hydrogen-bond donors (Lipinski definition) is 1. The first kappa shape index (κ1) is 21.2. The number of rotatable bonds is 4. The van der Waals surface area contributed by atoms with Crippen LogP contribution in [0.2, 0.25) is 0 Å². The number of benzene rings is 2.